The number of nitrogens with one attached hydrogen (secondary N) is 1. The van der Waals surface area contributed by atoms with E-state index in [1.807, 2.05) is 6.07 Å². The predicted molar refractivity (Wildman–Crippen MR) is 69.0 cm³/mol. The van der Waals surface area contributed by atoms with Gasteiger partial charge in [-0.05, 0) is 56.6 Å². The van der Waals surface area contributed by atoms with Gasteiger partial charge >= 0.3 is 0 Å². The van der Waals surface area contributed by atoms with Gasteiger partial charge in [0.1, 0.15) is 0 Å². The lowest BCUT2D eigenvalue weighted by atomic mass is 9.99. The van der Waals surface area contributed by atoms with E-state index in [1.54, 1.807) is 6.20 Å². The smallest absolute Gasteiger partial charge is 0.222 e. The minimum absolute atomic E-state index is 0.329. The van der Waals surface area contributed by atoms with E-state index in [4.69, 9.17) is 11.6 Å². The van der Waals surface area contributed by atoms with Crippen molar-refractivity contribution in [1.29, 1.82) is 0 Å². The van der Waals surface area contributed by atoms with E-state index in [9.17, 15) is 0 Å². The normalized spacial score (nSPS) is 20.8. The van der Waals surface area contributed by atoms with Gasteiger partial charge in [-0.3, -0.25) is 0 Å². The van der Waals surface area contributed by atoms with E-state index in [2.05, 4.69) is 27.2 Å². The molecule has 1 atom stereocenters. The highest BCUT2D eigenvalue weighted by atomic mass is 35.5. The number of piperidine rings is 1. The highest BCUT2D eigenvalue weighted by molar-refractivity contribution is 6.28. The van der Waals surface area contributed by atoms with Crippen molar-refractivity contribution in [3.05, 3.63) is 23.2 Å². The van der Waals surface area contributed by atoms with Crippen LogP contribution < -0.4 is 5.32 Å². The Labute approximate surface area is 107 Å². The summed E-state index contributed by atoms with van der Waals surface area (Å²) in [7, 11) is 2.13. The Morgan fingerprint density at radius 3 is 3.18 bits per heavy atom. The summed E-state index contributed by atoms with van der Waals surface area (Å²) in [5.74, 6) is 0.756. The molecule has 0 aliphatic carbocycles. The van der Waals surface area contributed by atoms with Gasteiger partial charge in [0.15, 0.2) is 0 Å². The van der Waals surface area contributed by atoms with E-state index < -0.39 is 0 Å². The van der Waals surface area contributed by atoms with E-state index in [0.29, 0.717) is 5.28 Å². The molecule has 1 fully saturated rings. The molecule has 0 bridgehead atoms. The first kappa shape index (κ1) is 12.7. The standard InChI is InChI=1S/C12H19ClN4/c1-17(8-10-3-2-5-14-7-10)9-11-4-6-15-12(13)16-11/h4,6,10,14H,2-3,5,7-9H2,1H3. The highest BCUT2D eigenvalue weighted by Crippen LogP contribution is 2.12. The van der Waals surface area contributed by atoms with Crippen LogP contribution in [0.5, 0.6) is 0 Å². The highest BCUT2D eigenvalue weighted by Gasteiger charge is 2.15. The zero-order valence-electron chi connectivity index (χ0n) is 10.2. The number of hydrogen-bond donors (Lipinski definition) is 1. The van der Waals surface area contributed by atoms with Gasteiger partial charge in [-0.15, -0.1) is 0 Å². The van der Waals surface area contributed by atoms with Gasteiger partial charge in [-0.2, -0.15) is 0 Å². The molecule has 5 heteroatoms. The lowest BCUT2D eigenvalue weighted by Gasteiger charge is -2.27. The van der Waals surface area contributed by atoms with Crippen molar-refractivity contribution >= 4 is 11.6 Å². The van der Waals surface area contributed by atoms with Crippen LogP contribution in [0.2, 0.25) is 5.28 Å². The van der Waals surface area contributed by atoms with Gasteiger partial charge in [-0.25, -0.2) is 9.97 Å². The van der Waals surface area contributed by atoms with Crippen LogP contribution >= 0.6 is 11.6 Å². The molecule has 1 N–H and O–H groups in total. The molecule has 0 radical (unpaired) electrons. The Morgan fingerprint density at radius 1 is 1.59 bits per heavy atom. The Morgan fingerprint density at radius 2 is 2.47 bits per heavy atom. The Bertz CT molecular complexity index is 352. The third kappa shape index (κ3) is 4.22. The fraction of sp³-hybridized carbons (Fsp3) is 0.667. The van der Waals surface area contributed by atoms with Gasteiger partial charge < -0.3 is 10.2 Å². The maximum absolute atomic E-state index is 5.77. The molecule has 1 aromatic heterocycles. The number of aromatic nitrogens is 2. The summed E-state index contributed by atoms with van der Waals surface area (Å²) in [5, 5.41) is 3.77. The molecular weight excluding hydrogens is 236 g/mol. The van der Waals surface area contributed by atoms with Crippen LogP contribution in [0.25, 0.3) is 0 Å². The maximum atomic E-state index is 5.77. The van der Waals surface area contributed by atoms with Gasteiger partial charge in [-0.1, -0.05) is 0 Å². The lowest BCUT2D eigenvalue weighted by molar-refractivity contribution is 0.235. The first-order chi connectivity index (χ1) is 8.24. The fourth-order valence-corrected chi connectivity index (χ4v) is 2.48. The summed E-state index contributed by atoms with van der Waals surface area (Å²) in [6.07, 6.45) is 4.32. The van der Waals surface area contributed by atoms with Crippen LogP contribution in [0.3, 0.4) is 0 Å². The summed E-state index contributed by atoms with van der Waals surface area (Å²) in [6, 6.07) is 1.92. The van der Waals surface area contributed by atoms with Crippen molar-refractivity contribution in [2.45, 2.75) is 19.4 Å². The summed E-state index contributed by atoms with van der Waals surface area (Å²) < 4.78 is 0. The summed E-state index contributed by atoms with van der Waals surface area (Å²) in [6.45, 7) is 4.24. The molecule has 2 heterocycles. The topological polar surface area (TPSA) is 41.1 Å². The molecule has 1 saturated heterocycles. The molecule has 94 valence electrons. The largest absolute Gasteiger partial charge is 0.316 e. The maximum Gasteiger partial charge on any atom is 0.222 e. The van der Waals surface area contributed by atoms with Crippen LogP contribution in [0.15, 0.2) is 12.3 Å². The van der Waals surface area contributed by atoms with E-state index >= 15 is 0 Å². The molecule has 1 aliphatic rings. The Balaban J connectivity index is 1.82. The number of nitrogens with zero attached hydrogens (tertiary/aromatic N) is 3. The zero-order valence-corrected chi connectivity index (χ0v) is 11.0. The van der Waals surface area contributed by atoms with Crippen LogP contribution in [0.1, 0.15) is 18.5 Å². The molecule has 1 unspecified atom stereocenters. The molecule has 1 aromatic rings. The van der Waals surface area contributed by atoms with Crippen molar-refractivity contribution in [3.8, 4) is 0 Å². The summed E-state index contributed by atoms with van der Waals surface area (Å²) >= 11 is 5.77. The number of rotatable bonds is 4. The minimum Gasteiger partial charge on any atom is -0.316 e. The molecule has 0 spiro atoms. The summed E-state index contributed by atoms with van der Waals surface area (Å²) in [5.41, 5.74) is 0.983. The second-order valence-electron chi connectivity index (χ2n) is 4.73. The number of hydrogen-bond acceptors (Lipinski definition) is 4. The monoisotopic (exact) mass is 254 g/mol. The lowest BCUT2D eigenvalue weighted by Crippen LogP contribution is -2.36. The van der Waals surface area contributed by atoms with Crippen LogP contribution in [-0.4, -0.2) is 41.5 Å². The van der Waals surface area contributed by atoms with Crippen LogP contribution in [-0.2, 0) is 6.54 Å². The number of halogens is 1. The third-order valence-corrected chi connectivity index (χ3v) is 3.27. The molecule has 4 nitrogen and oxygen atoms in total. The molecule has 0 aromatic carbocycles. The molecular formula is C12H19ClN4. The van der Waals surface area contributed by atoms with E-state index in [0.717, 1.165) is 31.2 Å². The van der Waals surface area contributed by atoms with Gasteiger partial charge in [0.05, 0.1) is 5.69 Å². The van der Waals surface area contributed by atoms with Crippen molar-refractivity contribution in [2.24, 2.45) is 5.92 Å². The van der Waals surface area contributed by atoms with Crippen molar-refractivity contribution in [2.75, 3.05) is 26.7 Å². The second-order valence-corrected chi connectivity index (χ2v) is 5.06. The minimum atomic E-state index is 0.329. The van der Waals surface area contributed by atoms with Gasteiger partial charge in [0, 0.05) is 19.3 Å². The van der Waals surface area contributed by atoms with Gasteiger partial charge in [0.25, 0.3) is 0 Å². The SMILES string of the molecule is CN(Cc1ccnc(Cl)n1)CC1CCCNC1. The average molecular weight is 255 g/mol. The first-order valence-corrected chi connectivity index (χ1v) is 6.48. The summed E-state index contributed by atoms with van der Waals surface area (Å²) in [4.78, 5) is 10.4. The first-order valence-electron chi connectivity index (χ1n) is 6.11. The molecule has 17 heavy (non-hydrogen) atoms. The Kier molecular flexibility index (Phi) is 4.71. The van der Waals surface area contributed by atoms with Gasteiger partial charge in [0.2, 0.25) is 5.28 Å². The zero-order chi connectivity index (χ0) is 12.1. The van der Waals surface area contributed by atoms with Crippen LogP contribution in [0, 0.1) is 5.92 Å². The van der Waals surface area contributed by atoms with Crippen molar-refractivity contribution < 1.29 is 0 Å². The van der Waals surface area contributed by atoms with E-state index in [1.165, 1.54) is 19.4 Å². The average Bonchev–Trinajstić information content (AvgIpc) is 2.30. The fourth-order valence-electron chi connectivity index (χ4n) is 2.32. The second kappa shape index (κ2) is 6.28. The predicted octanol–water partition coefficient (Wildman–Crippen LogP) is 1.56. The van der Waals surface area contributed by atoms with Crippen LogP contribution in [0.4, 0.5) is 0 Å². The van der Waals surface area contributed by atoms with E-state index in [-0.39, 0.29) is 0 Å². The van der Waals surface area contributed by atoms with Crippen molar-refractivity contribution in [1.82, 2.24) is 20.2 Å². The molecule has 2 rings (SSSR count). The van der Waals surface area contributed by atoms with Crippen molar-refractivity contribution in [3.63, 3.8) is 0 Å². The quantitative estimate of drug-likeness (QED) is 0.828. The molecule has 1 aliphatic heterocycles. The third-order valence-electron chi connectivity index (χ3n) is 3.08. The molecule has 0 saturated carbocycles. The Hall–Kier alpha value is -0.710. The molecule has 0 amide bonds.